The Morgan fingerprint density at radius 2 is 1.84 bits per heavy atom. The molecule has 0 spiro atoms. The summed E-state index contributed by atoms with van der Waals surface area (Å²) in [5.74, 6) is 0.811. The minimum Gasteiger partial charge on any atom is -0.454 e. The fourth-order valence-electron chi connectivity index (χ4n) is 1.41. The highest BCUT2D eigenvalue weighted by Gasteiger charge is 2.10. The molecular formula is C13H7BrCl2N2O. The van der Waals surface area contributed by atoms with E-state index in [0.717, 1.165) is 0 Å². The largest absolute Gasteiger partial charge is 0.454 e. The molecule has 0 aliphatic heterocycles. The molecule has 6 heteroatoms. The molecular weight excluding hydrogens is 351 g/mol. The van der Waals surface area contributed by atoms with Crippen molar-refractivity contribution in [2.75, 3.05) is 5.73 Å². The Balaban J connectivity index is 2.37. The van der Waals surface area contributed by atoms with Crippen LogP contribution in [0.5, 0.6) is 11.5 Å². The normalized spacial score (nSPS) is 10.0. The number of anilines is 1. The van der Waals surface area contributed by atoms with Gasteiger partial charge in [-0.05, 0) is 40.2 Å². The fraction of sp³-hybridized carbons (Fsp3) is 0. The second-order valence-corrected chi connectivity index (χ2v) is 5.33. The van der Waals surface area contributed by atoms with Crippen LogP contribution in [-0.4, -0.2) is 0 Å². The molecule has 2 rings (SSSR count). The molecule has 0 aliphatic carbocycles. The van der Waals surface area contributed by atoms with E-state index >= 15 is 0 Å². The van der Waals surface area contributed by atoms with E-state index in [0.29, 0.717) is 37.3 Å². The highest BCUT2D eigenvalue weighted by molar-refractivity contribution is 9.10. The van der Waals surface area contributed by atoms with Gasteiger partial charge in [0.2, 0.25) is 0 Å². The quantitative estimate of drug-likeness (QED) is 0.607. The zero-order valence-corrected chi connectivity index (χ0v) is 12.6. The van der Waals surface area contributed by atoms with Crippen molar-refractivity contribution >= 4 is 44.8 Å². The zero-order chi connectivity index (χ0) is 14.0. The molecule has 2 N–H and O–H groups in total. The molecule has 96 valence electrons. The van der Waals surface area contributed by atoms with E-state index in [4.69, 9.17) is 38.9 Å². The first-order valence-corrected chi connectivity index (χ1v) is 6.68. The lowest BCUT2D eigenvalue weighted by molar-refractivity contribution is 0.485. The van der Waals surface area contributed by atoms with Crippen molar-refractivity contribution in [1.29, 1.82) is 5.26 Å². The van der Waals surface area contributed by atoms with Gasteiger partial charge in [0.1, 0.15) is 11.5 Å². The van der Waals surface area contributed by atoms with Crippen molar-refractivity contribution in [3.63, 3.8) is 0 Å². The highest BCUT2D eigenvalue weighted by atomic mass is 79.9. The van der Waals surface area contributed by atoms with Gasteiger partial charge in [0.05, 0.1) is 27.4 Å². The average Bonchev–Trinajstić information content (AvgIpc) is 2.38. The van der Waals surface area contributed by atoms with Crippen molar-refractivity contribution in [1.82, 2.24) is 0 Å². The van der Waals surface area contributed by atoms with Crippen LogP contribution in [0.4, 0.5) is 5.69 Å². The minimum atomic E-state index is 0.356. The van der Waals surface area contributed by atoms with Crippen LogP contribution in [0.25, 0.3) is 0 Å². The summed E-state index contributed by atoms with van der Waals surface area (Å²) in [4.78, 5) is 0. The Morgan fingerprint density at radius 1 is 1.11 bits per heavy atom. The Morgan fingerprint density at radius 3 is 2.47 bits per heavy atom. The lowest BCUT2D eigenvalue weighted by Crippen LogP contribution is -1.93. The van der Waals surface area contributed by atoms with E-state index in [1.54, 1.807) is 24.3 Å². The van der Waals surface area contributed by atoms with Crippen molar-refractivity contribution in [3.05, 3.63) is 50.4 Å². The molecule has 0 amide bonds. The monoisotopic (exact) mass is 356 g/mol. The SMILES string of the molecule is N#Cc1ccc(Oc2cc(Cl)c(Br)cc2Cl)c(N)c1. The Kier molecular flexibility index (Phi) is 4.20. The number of nitrogen functional groups attached to an aromatic ring is 1. The third kappa shape index (κ3) is 3.13. The third-order valence-corrected chi connectivity index (χ3v) is 3.83. The van der Waals surface area contributed by atoms with Gasteiger partial charge in [0.25, 0.3) is 0 Å². The van der Waals surface area contributed by atoms with Crippen molar-refractivity contribution < 1.29 is 4.74 Å². The van der Waals surface area contributed by atoms with Gasteiger partial charge in [0, 0.05) is 10.5 Å². The highest BCUT2D eigenvalue weighted by Crippen LogP contribution is 2.38. The van der Waals surface area contributed by atoms with Crippen LogP contribution in [0.1, 0.15) is 5.56 Å². The number of nitrogens with two attached hydrogens (primary N) is 1. The Hall–Kier alpha value is -1.41. The third-order valence-electron chi connectivity index (χ3n) is 2.33. The van der Waals surface area contributed by atoms with Crippen LogP contribution in [0, 0.1) is 11.3 Å². The molecule has 0 heterocycles. The molecule has 0 unspecified atom stereocenters. The number of benzene rings is 2. The number of nitriles is 1. The van der Waals surface area contributed by atoms with Crippen LogP contribution >= 0.6 is 39.1 Å². The average molecular weight is 358 g/mol. The lowest BCUT2D eigenvalue weighted by Gasteiger charge is -2.11. The first-order chi connectivity index (χ1) is 9.01. The van der Waals surface area contributed by atoms with E-state index < -0.39 is 0 Å². The summed E-state index contributed by atoms with van der Waals surface area (Å²) in [6, 6.07) is 9.98. The topological polar surface area (TPSA) is 59.0 Å². The molecule has 0 radical (unpaired) electrons. The van der Waals surface area contributed by atoms with Crippen LogP contribution in [-0.2, 0) is 0 Å². The summed E-state index contributed by atoms with van der Waals surface area (Å²) in [5, 5.41) is 9.64. The molecule has 3 nitrogen and oxygen atoms in total. The summed E-state index contributed by atoms with van der Waals surface area (Å²) < 4.78 is 6.28. The van der Waals surface area contributed by atoms with Gasteiger partial charge >= 0.3 is 0 Å². The molecule has 2 aromatic carbocycles. The van der Waals surface area contributed by atoms with Gasteiger partial charge in [-0.15, -0.1) is 0 Å². The molecule has 0 bridgehead atoms. The number of hydrogen-bond acceptors (Lipinski definition) is 3. The number of ether oxygens (including phenoxy) is 1. The zero-order valence-electron chi connectivity index (χ0n) is 9.45. The summed E-state index contributed by atoms with van der Waals surface area (Å²) in [6.45, 7) is 0. The smallest absolute Gasteiger partial charge is 0.150 e. The van der Waals surface area contributed by atoms with Gasteiger partial charge in [-0.3, -0.25) is 0 Å². The van der Waals surface area contributed by atoms with Crippen LogP contribution in [0.3, 0.4) is 0 Å². The van der Waals surface area contributed by atoms with E-state index in [9.17, 15) is 0 Å². The molecule has 0 saturated carbocycles. The van der Waals surface area contributed by atoms with E-state index in [-0.39, 0.29) is 0 Å². The van der Waals surface area contributed by atoms with Crippen molar-refractivity contribution in [3.8, 4) is 17.6 Å². The molecule has 2 aromatic rings. The molecule has 0 aromatic heterocycles. The molecule has 19 heavy (non-hydrogen) atoms. The Labute approximate surface area is 128 Å². The second kappa shape index (κ2) is 5.70. The number of nitrogens with zero attached hydrogens (tertiary/aromatic N) is 1. The van der Waals surface area contributed by atoms with Crippen molar-refractivity contribution in [2.24, 2.45) is 0 Å². The molecule has 0 saturated heterocycles. The molecule has 0 aliphatic rings. The van der Waals surface area contributed by atoms with E-state index in [1.165, 1.54) is 6.07 Å². The van der Waals surface area contributed by atoms with Crippen molar-refractivity contribution in [2.45, 2.75) is 0 Å². The Bertz CT molecular complexity index is 683. The van der Waals surface area contributed by atoms with E-state index in [1.807, 2.05) is 6.07 Å². The van der Waals surface area contributed by atoms with Gasteiger partial charge in [-0.2, -0.15) is 5.26 Å². The number of halogens is 3. The van der Waals surface area contributed by atoms with Gasteiger partial charge < -0.3 is 10.5 Å². The summed E-state index contributed by atoms with van der Waals surface area (Å²) >= 11 is 15.3. The first-order valence-electron chi connectivity index (χ1n) is 5.13. The number of rotatable bonds is 2. The summed E-state index contributed by atoms with van der Waals surface area (Å²) in [7, 11) is 0. The summed E-state index contributed by atoms with van der Waals surface area (Å²) in [6.07, 6.45) is 0. The minimum absolute atomic E-state index is 0.356. The molecule has 0 atom stereocenters. The van der Waals surface area contributed by atoms with E-state index in [2.05, 4.69) is 15.9 Å². The molecule has 0 fully saturated rings. The maximum Gasteiger partial charge on any atom is 0.150 e. The van der Waals surface area contributed by atoms with Crippen LogP contribution in [0.15, 0.2) is 34.8 Å². The van der Waals surface area contributed by atoms with Gasteiger partial charge in [-0.25, -0.2) is 0 Å². The predicted molar refractivity (Wildman–Crippen MR) is 79.8 cm³/mol. The summed E-state index contributed by atoms with van der Waals surface area (Å²) in [5.41, 5.74) is 6.62. The lowest BCUT2D eigenvalue weighted by atomic mass is 10.2. The fourth-order valence-corrected chi connectivity index (χ4v) is 2.24. The standard InChI is InChI=1S/C13H7BrCl2N2O/c14-8-4-10(16)13(5-9(8)15)19-12-2-1-7(6-17)3-11(12)18/h1-5H,18H2. The van der Waals surface area contributed by atoms with Crippen LogP contribution < -0.4 is 10.5 Å². The predicted octanol–water partition coefficient (Wildman–Crippen LogP) is 5.00. The van der Waals surface area contributed by atoms with Gasteiger partial charge in [-0.1, -0.05) is 23.2 Å². The maximum atomic E-state index is 8.76. The second-order valence-electron chi connectivity index (χ2n) is 3.66. The maximum absolute atomic E-state index is 8.76. The van der Waals surface area contributed by atoms with Crippen LogP contribution in [0.2, 0.25) is 10.0 Å². The van der Waals surface area contributed by atoms with Gasteiger partial charge in [0.15, 0.2) is 0 Å². The first kappa shape index (κ1) is 14.0. The number of hydrogen-bond donors (Lipinski definition) is 1.